The van der Waals surface area contributed by atoms with E-state index in [4.69, 9.17) is 17.3 Å². The summed E-state index contributed by atoms with van der Waals surface area (Å²) < 4.78 is 15.5. The first-order valence-electron chi connectivity index (χ1n) is 7.17. The third-order valence-electron chi connectivity index (χ3n) is 4.55. The standard InChI is InChI=1S/C15H20ClFN4/c1-15(3-5-20(2)6-4-15)9-21-13-7-10(16)11(17)8-12(13)19-14(21)18/h7-8H,3-6,9H2,1-2H3,(H2,18,19). The van der Waals surface area contributed by atoms with Gasteiger partial charge in [0.2, 0.25) is 5.95 Å². The lowest BCUT2D eigenvalue weighted by Crippen LogP contribution is -2.38. The number of benzene rings is 1. The van der Waals surface area contributed by atoms with Crippen LogP contribution < -0.4 is 5.73 Å². The smallest absolute Gasteiger partial charge is 0.201 e. The normalized spacial score (nSPS) is 19.2. The molecule has 114 valence electrons. The number of piperidine rings is 1. The molecule has 0 aliphatic carbocycles. The number of nitrogens with two attached hydrogens (primary N) is 1. The summed E-state index contributed by atoms with van der Waals surface area (Å²) in [6.07, 6.45) is 2.22. The van der Waals surface area contributed by atoms with E-state index in [0.29, 0.717) is 11.5 Å². The number of halogens is 2. The molecule has 1 aromatic carbocycles. The molecule has 0 amide bonds. The van der Waals surface area contributed by atoms with Crippen molar-refractivity contribution in [2.45, 2.75) is 26.3 Å². The molecule has 2 N–H and O–H groups in total. The number of rotatable bonds is 2. The number of fused-ring (bicyclic) bond motifs is 1. The molecule has 0 radical (unpaired) electrons. The zero-order chi connectivity index (χ0) is 15.2. The van der Waals surface area contributed by atoms with Crippen molar-refractivity contribution in [1.29, 1.82) is 0 Å². The summed E-state index contributed by atoms with van der Waals surface area (Å²) in [5.74, 6) is -0.0360. The molecule has 21 heavy (non-hydrogen) atoms. The fourth-order valence-corrected chi connectivity index (χ4v) is 3.16. The van der Waals surface area contributed by atoms with Gasteiger partial charge in [-0.15, -0.1) is 0 Å². The number of imidazole rings is 1. The van der Waals surface area contributed by atoms with Crippen LogP contribution in [0.5, 0.6) is 0 Å². The van der Waals surface area contributed by atoms with Crippen LogP contribution >= 0.6 is 11.6 Å². The molecule has 0 saturated carbocycles. The van der Waals surface area contributed by atoms with E-state index in [1.165, 1.54) is 6.07 Å². The molecular formula is C15H20ClFN4. The van der Waals surface area contributed by atoms with Gasteiger partial charge in [-0.3, -0.25) is 0 Å². The Bertz CT molecular complexity index is 674. The summed E-state index contributed by atoms with van der Waals surface area (Å²) in [6, 6.07) is 2.97. The number of likely N-dealkylation sites (tertiary alicyclic amines) is 1. The minimum Gasteiger partial charge on any atom is -0.369 e. The zero-order valence-corrected chi connectivity index (χ0v) is 13.1. The summed E-state index contributed by atoms with van der Waals surface area (Å²) in [5.41, 5.74) is 7.57. The summed E-state index contributed by atoms with van der Waals surface area (Å²) in [7, 11) is 2.14. The lowest BCUT2D eigenvalue weighted by atomic mass is 9.80. The highest BCUT2D eigenvalue weighted by Crippen LogP contribution is 2.35. The van der Waals surface area contributed by atoms with Crippen LogP contribution in [0, 0.1) is 11.2 Å². The van der Waals surface area contributed by atoms with Gasteiger partial charge in [-0.2, -0.15) is 0 Å². The molecule has 0 bridgehead atoms. The van der Waals surface area contributed by atoms with E-state index in [2.05, 4.69) is 23.9 Å². The van der Waals surface area contributed by atoms with Crippen molar-refractivity contribution < 1.29 is 4.39 Å². The van der Waals surface area contributed by atoms with Gasteiger partial charge in [-0.1, -0.05) is 18.5 Å². The van der Waals surface area contributed by atoms with Crippen molar-refractivity contribution in [1.82, 2.24) is 14.5 Å². The van der Waals surface area contributed by atoms with Gasteiger partial charge >= 0.3 is 0 Å². The highest BCUT2D eigenvalue weighted by molar-refractivity contribution is 6.31. The number of hydrogen-bond donors (Lipinski definition) is 1. The third kappa shape index (κ3) is 2.72. The van der Waals surface area contributed by atoms with Crippen LogP contribution in [0.25, 0.3) is 11.0 Å². The monoisotopic (exact) mass is 310 g/mol. The summed E-state index contributed by atoms with van der Waals surface area (Å²) in [6.45, 7) is 5.22. The summed E-state index contributed by atoms with van der Waals surface area (Å²) >= 11 is 5.90. The average Bonchev–Trinajstić information content (AvgIpc) is 2.71. The molecule has 1 fully saturated rings. The number of nitrogen functional groups attached to an aromatic ring is 1. The van der Waals surface area contributed by atoms with Crippen LogP contribution in [-0.4, -0.2) is 34.6 Å². The first-order valence-corrected chi connectivity index (χ1v) is 7.55. The second-order valence-corrected chi connectivity index (χ2v) is 6.83. The topological polar surface area (TPSA) is 47.1 Å². The van der Waals surface area contributed by atoms with Crippen molar-refractivity contribution in [2.75, 3.05) is 25.9 Å². The van der Waals surface area contributed by atoms with Gasteiger partial charge in [-0.25, -0.2) is 9.37 Å². The summed E-state index contributed by atoms with van der Waals surface area (Å²) in [5, 5.41) is 0.109. The Balaban J connectivity index is 1.97. The van der Waals surface area contributed by atoms with E-state index in [-0.39, 0.29) is 10.4 Å². The van der Waals surface area contributed by atoms with Crippen molar-refractivity contribution in [3.05, 3.63) is 23.0 Å². The number of hydrogen-bond acceptors (Lipinski definition) is 3. The van der Waals surface area contributed by atoms with Gasteiger partial charge in [0.15, 0.2) is 0 Å². The second kappa shape index (κ2) is 5.14. The molecule has 6 heteroatoms. The molecule has 2 aromatic rings. The lowest BCUT2D eigenvalue weighted by molar-refractivity contribution is 0.122. The minimum absolute atomic E-state index is 0.109. The third-order valence-corrected chi connectivity index (χ3v) is 4.84. The molecule has 1 aliphatic heterocycles. The van der Waals surface area contributed by atoms with Gasteiger partial charge in [0.05, 0.1) is 16.1 Å². The fraction of sp³-hybridized carbons (Fsp3) is 0.533. The molecular weight excluding hydrogens is 291 g/mol. The maximum atomic E-state index is 13.5. The van der Waals surface area contributed by atoms with Crippen LogP contribution in [0.2, 0.25) is 5.02 Å². The molecule has 3 rings (SSSR count). The Labute approximate surface area is 128 Å². The maximum absolute atomic E-state index is 13.5. The van der Waals surface area contributed by atoms with E-state index < -0.39 is 5.82 Å². The Hall–Kier alpha value is -1.33. The highest BCUT2D eigenvalue weighted by atomic mass is 35.5. The molecule has 1 aromatic heterocycles. The molecule has 1 aliphatic rings. The van der Waals surface area contributed by atoms with Crippen LogP contribution in [0.4, 0.5) is 10.3 Å². The van der Waals surface area contributed by atoms with Crippen LogP contribution in [0.1, 0.15) is 19.8 Å². The zero-order valence-electron chi connectivity index (χ0n) is 12.4. The van der Waals surface area contributed by atoms with Crippen LogP contribution in [0.15, 0.2) is 12.1 Å². The number of aromatic nitrogens is 2. The molecule has 2 heterocycles. The van der Waals surface area contributed by atoms with Gasteiger partial charge in [0.1, 0.15) is 5.82 Å². The Morgan fingerprint density at radius 1 is 1.38 bits per heavy atom. The van der Waals surface area contributed by atoms with E-state index in [1.54, 1.807) is 6.07 Å². The van der Waals surface area contributed by atoms with E-state index in [9.17, 15) is 4.39 Å². The Morgan fingerprint density at radius 2 is 2.05 bits per heavy atom. The average molecular weight is 311 g/mol. The predicted molar refractivity (Wildman–Crippen MR) is 84.0 cm³/mol. The largest absolute Gasteiger partial charge is 0.369 e. The molecule has 4 nitrogen and oxygen atoms in total. The summed E-state index contributed by atoms with van der Waals surface area (Å²) in [4.78, 5) is 6.59. The van der Waals surface area contributed by atoms with E-state index >= 15 is 0 Å². The van der Waals surface area contributed by atoms with E-state index in [1.807, 2.05) is 4.57 Å². The fourth-order valence-electron chi connectivity index (χ4n) is 3.00. The van der Waals surface area contributed by atoms with Gasteiger partial charge < -0.3 is 15.2 Å². The molecule has 1 saturated heterocycles. The Kier molecular flexibility index (Phi) is 3.58. The SMILES string of the molecule is CN1CCC(C)(Cn2c(N)nc3cc(F)c(Cl)cc32)CC1. The van der Waals surface area contributed by atoms with Crippen LogP contribution in [0.3, 0.4) is 0 Å². The second-order valence-electron chi connectivity index (χ2n) is 6.43. The van der Waals surface area contributed by atoms with Crippen molar-refractivity contribution >= 4 is 28.6 Å². The number of nitrogens with zero attached hydrogens (tertiary/aromatic N) is 3. The van der Waals surface area contributed by atoms with Crippen molar-refractivity contribution in [3.8, 4) is 0 Å². The lowest BCUT2D eigenvalue weighted by Gasteiger charge is -2.38. The quantitative estimate of drug-likeness (QED) is 0.927. The first kappa shape index (κ1) is 14.6. The maximum Gasteiger partial charge on any atom is 0.201 e. The van der Waals surface area contributed by atoms with Gasteiger partial charge in [-0.05, 0) is 44.5 Å². The molecule has 0 atom stereocenters. The van der Waals surface area contributed by atoms with Crippen LogP contribution in [-0.2, 0) is 6.54 Å². The van der Waals surface area contributed by atoms with E-state index in [0.717, 1.165) is 38.0 Å². The van der Waals surface area contributed by atoms with Gasteiger partial charge in [0.25, 0.3) is 0 Å². The Morgan fingerprint density at radius 3 is 2.71 bits per heavy atom. The van der Waals surface area contributed by atoms with Crippen molar-refractivity contribution in [3.63, 3.8) is 0 Å². The molecule has 0 unspecified atom stereocenters. The highest BCUT2D eigenvalue weighted by Gasteiger charge is 2.30. The number of anilines is 1. The first-order chi connectivity index (χ1) is 9.88. The predicted octanol–water partition coefficient (Wildman–Crippen LogP) is 3.14. The minimum atomic E-state index is -0.459. The van der Waals surface area contributed by atoms with Crippen molar-refractivity contribution in [2.24, 2.45) is 5.41 Å². The molecule has 0 spiro atoms. The van der Waals surface area contributed by atoms with Gasteiger partial charge in [0, 0.05) is 12.6 Å².